The van der Waals surface area contributed by atoms with Crippen LogP contribution >= 0.6 is 0 Å². The second-order valence-electron chi connectivity index (χ2n) is 13.2. The Morgan fingerprint density at radius 1 is 1.10 bits per heavy atom. The van der Waals surface area contributed by atoms with Gasteiger partial charge in [0.2, 0.25) is 0 Å². The molecule has 0 bridgehead atoms. The monoisotopic (exact) mass is 545 g/mol. The molecule has 0 spiro atoms. The third-order valence-electron chi connectivity index (χ3n) is 11.2. The molecule has 0 radical (unpaired) electrons. The quantitative estimate of drug-likeness (QED) is 0.347. The van der Waals surface area contributed by atoms with E-state index >= 15 is 0 Å². The van der Waals surface area contributed by atoms with Crippen molar-refractivity contribution in [1.29, 1.82) is 0 Å². The molecule has 0 aromatic carbocycles. The smallest absolute Gasteiger partial charge is 0.335 e. The summed E-state index contributed by atoms with van der Waals surface area (Å²) >= 11 is 0. The Bertz CT molecular complexity index is 1080. The number of allylic oxidation sites excluding steroid dienone is 1. The molecule has 1 aromatic rings. The Morgan fingerprint density at radius 3 is 2.62 bits per heavy atom. The Hall–Kier alpha value is -1.55. The zero-order valence-corrected chi connectivity index (χ0v) is 23.7. The fourth-order valence-electron chi connectivity index (χ4n) is 8.73. The van der Waals surface area contributed by atoms with E-state index in [1.54, 1.807) is 6.26 Å². The molecular weight excluding hydrogens is 498 g/mol. The van der Waals surface area contributed by atoms with Crippen molar-refractivity contribution in [1.82, 2.24) is 0 Å². The number of fused-ring (bicyclic) bond motifs is 5. The van der Waals surface area contributed by atoms with Gasteiger partial charge in [-0.15, -0.1) is 0 Å². The van der Waals surface area contributed by atoms with E-state index < -0.39 is 17.7 Å². The van der Waals surface area contributed by atoms with Crippen LogP contribution in [0.4, 0.5) is 0 Å². The summed E-state index contributed by atoms with van der Waals surface area (Å²) in [5, 5.41) is 31.1. The molecule has 0 saturated heterocycles. The van der Waals surface area contributed by atoms with Gasteiger partial charge in [0.05, 0.1) is 56.0 Å². The first kappa shape index (κ1) is 29.0. The lowest BCUT2D eigenvalue weighted by atomic mass is 9.45. The summed E-state index contributed by atoms with van der Waals surface area (Å²) in [5.41, 5.74) is 7.16. The van der Waals surface area contributed by atoms with Gasteiger partial charge in [0, 0.05) is 11.5 Å². The van der Waals surface area contributed by atoms with E-state index in [1.807, 2.05) is 13.0 Å². The molecule has 39 heavy (non-hydrogen) atoms. The van der Waals surface area contributed by atoms with Crippen molar-refractivity contribution in [2.45, 2.75) is 108 Å². The van der Waals surface area contributed by atoms with Crippen molar-refractivity contribution >= 4 is 0 Å². The van der Waals surface area contributed by atoms with Gasteiger partial charge in [-0.05, 0) is 93.1 Å². The van der Waals surface area contributed by atoms with Crippen molar-refractivity contribution in [3.63, 3.8) is 0 Å². The molecule has 8 heteroatoms. The second-order valence-corrected chi connectivity index (χ2v) is 13.2. The summed E-state index contributed by atoms with van der Waals surface area (Å²) in [5.74, 6) is 0.918. The lowest BCUT2D eigenvalue weighted by molar-refractivity contribution is -0.178. The van der Waals surface area contributed by atoms with Crippen molar-refractivity contribution in [3.8, 4) is 0 Å². The van der Waals surface area contributed by atoms with E-state index in [0.717, 1.165) is 56.9 Å². The van der Waals surface area contributed by atoms with Crippen LogP contribution in [0, 0.1) is 22.7 Å². The highest BCUT2D eigenvalue weighted by molar-refractivity contribution is 5.31. The molecule has 4 unspecified atom stereocenters. The van der Waals surface area contributed by atoms with Crippen LogP contribution in [0.25, 0.3) is 0 Å². The highest BCUT2D eigenvalue weighted by atomic mass is 16.5. The zero-order chi connectivity index (χ0) is 28.0. The molecular formula is C31H47NO7. The summed E-state index contributed by atoms with van der Waals surface area (Å²) in [4.78, 5) is 11.5. The minimum atomic E-state index is -0.985. The van der Waals surface area contributed by atoms with Gasteiger partial charge in [0.25, 0.3) is 0 Å². The number of aliphatic hydroxyl groups is 3. The second kappa shape index (κ2) is 11.0. The maximum Gasteiger partial charge on any atom is 0.335 e. The molecule has 3 fully saturated rings. The lowest BCUT2D eigenvalue weighted by Crippen LogP contribution is -2.60. The summed E-state index contributed by atoms with van der Waals surface area (Å²) in [7, 11) is 0. The maximum absolute atomic E-state index is 12.4. The van der Waals surface area contributed by atoms with Crippen LogP contribution in [0.15, 0.2) is 39.3 Å². The molecule has 5 rings (SSSR count). The molecule has 0 amide bonds. The summed E-state index contributed by atoms with van der Waals surface area (Å²) < 4.78 is 17.2. The molecule has 5 N–H and O–H groups in total. The van der Waals surface area contributed by atoms with Crippen LogP contribution in [0.5, 0.6) is 0 Å². The predicted octanol–water partition coefficient (Wildman–Crippen LogP) is 3.27. The van der Waals surface area contributed by atoms with Gasteiger partial charge < -0.3 is 34.9 Å². The topological polar surface area (TPSA) is 135 Å². The fraction of sp³-hybridized carbons (Fsp3) is 0.774. The molecule has 1 heterocycles. The molecule has 4 aliphatic rings. The fourth-order valence-corrected chi connectivity index (χ4v) is 8.73. The Labute approximate surface area is 231 Å². The average molecular weight is 546 g/mol. The van der Waals surface area contributed by atoms with Crippen molar-refractivity contribution in [2.24, 2.45) is 28.4 Å². The van der Waals surface area contributed by atoms with Gasteiger partial charge in [-0.1, -0.05) is 25.5 Å². The molecule has 218 valence electrons. The first-order chi connectivity index (χ1) is 18.5. The number of nitrogens with two attached hydrogens (primary N) is 1. The van der Waals surface area contributed by atoms with Gasteiger partial charge in [0.1, 0.15) is 0 Å². The van der Waals surface area contributed by atoms with Gasteiger partial charge in [-0.3, -0.25) is 0 Å². The van der Waals surface area contributed by atoms with Crippen LogP contribution in [0.1, 0.15) is 83.6 Å². The molecule has 4 aliphatic carbocycles. The van der Waals surface area contributed by atoms with E-state index in [1.165, 1.54) is 11.6 Å². The molecule has 8 nitrogen and oxygen atoms in total. The average Bonchev–Trinajstić information content (AvgIpc) is 3.21. The minimum Gasteiger partial charge on any atom is -0.431 e. The van der Waals surface area contributed by atoms with Crippen molar-refractivity contribution in [3.05, 3.63) is 46.0 Å². The Morgan fingerprint density at radius 2 is 1.90 bits per heavy atom. The van der Waals surface area contributed by atoms with Crippen LogP contribution < -0.4 is 11.4 Å². The van der Waals surface area contributed by atoms with Gasteiger partial charge in [-0.25, -0.2) is 4.79 Å². The first-order valence-electron chi connectivity index (χ1n) is 14.8. The van der Waals surface area contributed by atoms with Gasteiger partial charge in [-0.2, -0.15) is 0 Å². The third kappa shape index (κ3) is 5.06. The first-order valence-corrected chi connectivity index (χ1v) is 14.8. The summed E-state index contributed by atoms with van der Waals surface area (Å²) in [6.07, 6.45) is 10.6. The Balaban J connectivity index is 1.24. The number of aliphatic hydroxyl groups excluding tert-OH is 2. The molecule has 1 aromatic heterocycles. The van der Waals surface area contributed by atoms with Crippen LogP contribution in [-0.4, -0.2) is 65.1 Å². The zero-order valence-electron chi connectivity index (χ0n) is 23.7. The normalized spacial score (nSPS) is 40.1. The highest BCUT2D eigenvalue weighted by Gasteiger charge is 2.66. The van der Waals surface area contributed by atoms with Gasteiger partial charge in [0.15, 0.2) is 0 Å². The SMILES string of the molecule is C[C@H](COC1C=C2CCC3C(CC[C@]4(C)[C@@H](c5ccc(=O)oc5)CC[C@]34O)[C@@]2(C)CC1)OCC(N)[C@H](O)CO. The lowest BCUT2D eigenvalue weighted by Gasteiger charge is -2.62. The standard InChI is InChI=1S/C31H47NO7/c1-19(37-18-26(32)27(34)15-33)16-38-22-8-11-29(2)21(14-22)5-6-25-24(29)9-12-30(3)23(10-13-31(25,30)36)20-4-7-28(35)39-17-20/h4,7,14,17,19,22-27,33-34,36H,5-6,8-13,15-16,18,32H2,1-3H3/t19-,22?,23-,24?,25?,26?,27-,29+,30-,31+/m1/s1. The van der Waals surface area contributed by atoms with E-state index in [0.29, 0.717) is 12.5 Å². The van der Waals surface area contributed by atoms with E-state index in [9.17, 15) is 15.0 Å². The van der Waals surface area contributed by atoms with Gasteiger partial charge >= 0.3 is 5.63 Å². The number of ether oxygens (including phenoxy) is 2. The maximum atomic E-state index is 12.4. The summed E-state index contributed by atoms with van der Waals surface area (Å²) in [6, 6.07) is 2.77. The predicted molar refractivity (Wildman–Crippen MR) is 147 cm³/mol. The largest absolute Gasteiger partial charge is 0.431 e. The third-order valence-corrected chi connectivity index (χ3v) is 11.2. The van der Waals surface area contributed by atoms with Crippen LogP contribution in [0.3, 0.4) is 0 Å². The Kier molecular flexibility index (Phi) is 8.19. The highest BCUT2D eigenvalue weighted by Crippen LogP contribution is 2.70. The van der Waals surface area contributed by atoms with Crippen LogP contribution in [0.2, 0.25) is 0 Å². The van der Waals surface area contributed by atoms with E-state index in [-0.39, 0.29) is 53.7 Å². The number of hydrogen-bond donors (Lipinski definition) is 4. The van der Waals surface area contributed by atoms with Crippen LogP contribution in [-0.2, 0) is 9.47 Å². The minimum absolute atomic E-state index is 0.0490. The molecule has 3 saturated carbocycles. The van der Waals surface area contributed by atoms with E-state index in [2.05, 4.69) is 19.9 Å². The van der Waals surface area contributed by atoms with E-state index in [4.69, 9.17) is 24.7 Å². The van der Waals surface area contributed by atoms with Crippen molar-refractivity contribution < 1.29 is 29.2 Å². The van der Waals surface area contributed by atoms with Crippen molar-refractivity contribution in [2.75, 3.05) is 19.8 Å². The number of rotatable bonds is 9. The number of hydrogen-bond acceptors (Lipinski definition) is 8. The molecule has 10 atom stereocenters. The molecule has 0 aliphatic heterocycles. The summed E-state index contributed by atoms with van der Waals surface area (Å²) in [6.45, 7) is 6.84.